The molecule has 0 aliphatic heterocycles. The standard InChI is InChI=1S/C39H24N2O2/c42-39-37-30-23-27(26-13-8-12-25(22-26)24-10-2-1-3-11-24)20-21-32(30)41(38(37)28-14-4-6-16-31(28)40-39)33-17-9-19-35-36(33)29-15-5-7-18-34(29)43-35/h1-23H,(H,40,42). The lowest BCUT2D eigenvalue weighted by atomic mass is 9.98. The second-order valence-electron chi connectivity index (χ2n) is 11.0. The number of furan rings is 1. The van der Waals surface area contributed by atoms with Crippen LogP contribution in [0.1, 0.15) is 0 Å². The van der Waals surface area contributed by atoms with E-state index in [0.717, 1.165) is 71.6 Å². The average molecular weight is 553 g/mol. The van der Waals surface area contributed by atoms with Gasteiger partial charge >= 0.3 is 0 Å². The van der Waals surface area contributed by atoms with Crippen LogP contribution >= 0.6 is 0 Å². The van der Waals surface area contributed by atoms with Crippen molar-refractivity contribution in [3.63, 3.8) is 0 Å². The monoisotopic (exact) mass is 552 g/mol. The minimum atomic E-state index is -0.100. The lowest BCUT2D eigenvalue weighted by Crippen LogP contribution is -2.06. The first kappa shape index (κ1) is 23.8. The van der Waals surface area contributed by atoms with Crippen LogP contribution in [-0.2, 0) is 0 Å². The van der Waals surface area contributed by atoms with E-state index in [1.165, 1.54) is 5.56 Å². The minimum Gasteiger partial charge on any atom is -0.456 e. The highest BCUT2D eigenvalue weighted by Crippen LogP contribution is 2.40. The van der Waals surface area contributed by atoms with Gasteiger partial charge in [0.2, 0.25) is 0 Å². The maximum Gasteiger partial charge on any atom is 0.258 e. The summed E-state index contributed by atoms with van der Waals surface area (Å²) in [5.41, 5.74) is 9.70. The number of H-pyrrole nitrogens is 1. The zero-order valence-electron chi connectivity index (χ0n) is 23.0. The van der Waals surface area contributed by atoms with Crippen molar-refractivity contribution in [1.29, 1.82) is 0 Å². The molecule has 9 rings (SSSR count). The van der Waals surface area contributed by atoms with E-state index in [1.54, 1.807) is 0 Å². The van der Waals surface area contributed by atoms with E-state index in [0.29, 0.717) is 5.39 Å². The van der Waals surface area contributed by atoms with Crippen LogP contribution in [-0.4, -0.2) is 9.55 Å². The molecule has 0 aliphatic rings. The first-order chi connectivity index (χ1) is 21.2. The number of aromatic amines is 1. The third-order valence-corrected chi connectivity index (χ3v) is 8.55. The van der Waals surface area contributed by atoms with Gasteiger partial charge in [-0.05, 0) is 64.7 Å². The lowest BCUT2D eigenvalue weighted by Gasteiger charge is -2.11. The molecule has 0 aliphatic carbocycles. The molecule has 4 heteroatoms. The molecule has 0 bridgehead atoms. The fourth-order valence-electron chi connectivity index (χ4n) is 6.64. The number of pyridine rings is 1. The van der Waals surface area contributed by atoms with Gasteiger partial charge in [-0.3, -0.25) is 4.79 Å². The van der Waals surface area contributed by atoms with Gasteiger partial charge in [0, 0.05) is 16.2 Å². The number of nitrogens with one attached hydrogen (secondary N) is 1. The van der Waals surface area contributed by atoms with Gasteiger partial charge in [-0.1, -0.05) is 97.1 Å². The minimum absolute atomic E-state index is 0.100. The van der Waals surface area contributed by atoms with Crippen molar-refractivity contribution in [1.82, 2.24) is 9.55 Å². The molecule has 3 aromatic heterocycles. The van der Waals surface area contributed by atoms with Crippen LogP contribution in [0.3, 0.4) is 0 Å². The maximum atomic E-state index is 13.9. The van der Waals surface area contributed by atoms with E-state index >= 15 is 0 Å². The molecule has 1 N–H and O–H groups in total. The van der Waals surface area contributed by atoms with Crippen LogP contribution in [0, 0.1) is 0 Å². The Morgan fingerprint density at radius 2 is 1.19 bits per heavy atom. The van der Waals surface area contributed by atoms with Crippen molar-refractivity contribution in [3.8, 4) is 27.9 Å². The lowest BCUT2D eigenvalue weighted by molar-refractivity contribution is 0.669. The van der Waals surface area contributed by atoms with Crippen molar-refractivity contribution >= 4 is 54.6 Å². The highest BCUT2D eigenvalue weighted by Gasteiger charge is 2.21. The number of fused-ring (bicyclic) bond motifs is 8. The molecule has 0 radical (unpaired) electrons. The third-order valence-electron chi connectivity index (χ3n) is 8.55. The van der Waals surface area contributed by atoms with Gasteiger partial charge in [0.1, 0.15) is 11.2 Å². The molecule has 202 valence electrons. The highest BCUT2D eigenvalue weighted by atomic mass is 16.3. The molecule has 0 saturated heterocycles. The van der Waals surface area contributed by atoms with Gasteiger partial charge in [-0.15, -0.1) is 0 Å². The molecule has 6 aromatic carbocycles. The highest BCUT2D eigenvalue weighted by molar-refractivity contribution is 6.20. The van der Waals surface area contributed by atoms with E-state index in [4.69, 9.17) is 4.42 Å². The van der Waals surface area contributed by atoms with Crippen molar-refractivity contribution in [3.05, 3.63) is 150 Å². The summed E-state index contributed by atoms with van der Waals surface area (Å²) < 4.78 is 8.52. The Morgan fingerprint density at radius 1 is 0.512 bits per heavy atom. The summed E-state index contributed by atoms with van der Waals surface area (Å²) >= 11 is 0. The Morgan fingerprint density at radius 3 is 2.07 bits per heavy atom. The quantitative estimate of drug-likeness (QED) is 0.237. The van der Waals surface area contributed by atoms with E-state index in [1.807, 2.05) is 54.6 Å². The molecule has 9 aromatic rings. The summed E-state index contributed by atoms with van der Waals surface area (Å²) in [6, 6.07) is 47.8. The number of hydrogen-bond donors (Lipinski definition) is 1. The zero-order valence-corrected chi connectivity index (χ0v) is 23.0. The maximum absolute atomic E-state index is 13.9. The molecule has 3 heterocycles. The Balaban J connectivity index is 1.39. The van der Waals surface area contributed by atoms with Crippen LogP contribution in [0.2, 0.25) is 0 Å². The fraction of sp³-hybridized carbons (Fsp3) is 0. The summed E-state index contributed by atoms with van der Waals surface area (Å²) in [4.78, 5) is 17.0. The first-order valence-corrected chi connectivity index (χ1v) is 14.4. The molecule has 0 spiro atoms. The molecule has 43 heavy (non-hydrogen) atoms. The topological polar surface area (TPSA) is 50.9 Å². The predicted octanol–water partition coefficient (Wildman–Crippen LogP) is 9.86. The Hall–Kier alpha value is -5.87. The molecule has 0 saturated carbocycles. The fourth-order valence-corrected chi connectivity index (χ4v) is 6.64. The van der Waals surface area contributed by atoms with Crippen molar-refractivity contribution < 1.29 is 4.42 Å². The summed E-state index contributed by atoms with van der Waals surface area (Å²) in [6.45, 7) is 0. The SMILES string of the molecule is O=c1[nH]c2ccccc2c2c1c1cc(-c3cccc(-c4ccccc4)c3)ccc1n2-c1cccc2oc3ccccc3c12. The van der Waals surface area contributed by atoms with Crippen molar-refractivity contribution in [2.75, 3.05) is 0 Å². The second kappa shape index (κ2) is 9.07. The van der Waals surface area contributed by atoms with Gasteiger partial charge in [0.05, 0.1) is 33.0 Å². The van der Waals surface area contributed by atoms with Gasteiger partial charge in [0.25, 0.3) is 5.56 Å². The number of rotatable bonds is 3. The number of hydrogen-bond acceptors (Lipinski definition) is 2. The van der Waals surface area contributed by atoms with Crippen LogP contribution in [0.4, 0.5) is 0 Å². The Bertz CT molecular complexity index is 2590. The molecule has 4 nitrogen and oxygen atoms in total. The first-order valence-electron chi connectivity index (χ1n) is 14.4. The normalized spacial score (nSPS) is 11.8. The Kier molecular flexibility index (Phi) is 5.02. The number of benzene rings is 6. The van der Waals surface area contributed by atoms with E-state index < -0.39 is 0 Å². The zero-order chi connectivity index (χ0) is 28.5. The van der Waals surface area contributed by atoms with Crippen LogP contribution < -0.4 is 5.56 Å². The summed E-state index contributed by atoms with van der Waals surface area (Å²) in [5, 5.41) is 4.66. The van der Waals surface area contributed by atoms with Gasteiger partial charge in [-0.2, -0.15) is 0 Å². The van der Waals surface area contributed by atoms with E-state index in [-0.39, 0.29) is 5.56 Å². The second-order valence-corrected chi connectivity index (χ2v) is 11.0. The molecule has 0 atom stereocenters. The van der Waals surface area contributed by atoms with Crippen LogP contribution in [0.25, 0.3) is 82.6 Å². The summed E-state index contributed by atoms with van der Waals surface area (Å²) in [7, 11) is 0. The van der Waals surface area contributed by atoms with E-state index in [2.05, 4.69) is 94.5 Å². The number of aromatic nitrogens is 2. The summed E-state index contributed by atoms with van der Waals surface area (Å²) in [5.74, 6) is 0. The van der Waals surface area contributed by atoms with Gasteiger partial charge in [-0.25, -0.2) is 0 Å². The molecule has 0 fully saturated rings. The molecule has 0 amide bonds. The van der Waals surface area contributed by atoms with Crippen molar-refractivity contribution in [2.24, 2.45) is 0 Å². The van der Waals surface area contributed by atoms with E-state index in [9.17, 15) is 4.79 Å². The predicted molar refractivity (Wildman–Crippen MR) is 177 cm³/mol. The average Bonchev–Trinajstić information content (AvgIpc) is 3.62. The van der Waals surface area contributed by atoms with Crippen molar-refractivity contribution in [2.45, 2.75) is 0 Å². The van der Waals surface area contributed by atoms with Gasteiger partial charge < -0.3 is 14.0 Å². The van der Waals surface area contributed by atoms with Gasteiger partial charge in [0.15, 0.2) is 0 Å². The summed E-state index contributed by atoms with van der Waals surface area (Å²) in [6.07, 6.45) is 0. The smallest absolute Gasteiger partial charge is 0.258 e. The molecule has 0 unspecified atom stereocenters. The largest absolute Gasteiger partial charge is 0.456 e. The van der Waals surface area contributed by atoms with Crippen LogP contribution in [0.5, 0.6) is 0 Å². The number of para-hydroxylation sites is 2. The molecular weight excluding hydrogens is 528 g/mol. The third kappa shape index (κ3) is 3.53. The van der Waals surface area contributed by atoms with Crippen LogP contribution in [0.15, 0.2) is 149 Å². The molecular formula is C39H24N2O2. The number of nitrogens with zero attached hydrogens (tertiary/aromatic N) is 1. The Labute approximate surface area is 246 Å².